The van der Waals surface area contributed by atoms with Gasteiger partial charge in [-0.1, -0.05) is 24.3 Å². The fraction of sp³-hybridized carbons (Fsp3) is 0.300. The minimum Gasteiger partial charge on any atom is -0.475 e. The van der Waals surface area contributed by atoms with Crippen LogP contribution in [0, 0.1) is 0 Å². The number of rotatable bonds is 7. The third kappa shape index (κ3) is 4.03. The van der Waals surface area contributed by atoms with Gasteiger partial charge in [-0.2, -0.15) is 0 Å². The fourth-order valence-corrected chi connectivity index (χ4v) is 2.66. The van der Waals surface area contributed by atoms with Crippen LogP contribution in [0.3, 0.4) is 0 Å². The lowest BCUT2D eigenvalue weighted by molar-refractivity contribution is 0.0918. The molecule has 0 atom stereocenters. The standard InChI is InChI=1S/C20H22N2O4/c1-13(2)25-18-9-8-14(10-21-18)11-22-20(23)19-16(12-24-3)15-6-4-5-7-17(15)26-19/h4-10,13H,11-12H2,1-3H3,(H,22,23). The van der Waals surface area contributed by atoms with Gasteiger partial charge in [-0.3, -0.25) is 4.79 Å². The predicted octanol–water partition coefficient (Wildman–Crippen LogP) is 3.69. The van der Waals surface area contributed by atoms with Gasteiger partial charge in [0.2, 0.25) is 5.88 Å². The second kappa shape index (κ2) is 8.01. The molecule has 2 heterocycles. The van der Waals surface area contributed by atoms with E-state index < -0.39 is 0 Å². The van der Waals surface area contributed by atoms with Crippen molar-refractivity contribution in [2.45, 2.75) is 33.1 Å². The summed E-state index contributed by atoms with van der Waals surface area (Å²) in [5.74, 6) is 0.561. The molecule has 136 valence electrons. The van der Waals surface area contributed by atoms with Crippen molar-refractivity contribution >= 4 is 16.9 Å². The summed E-state index contributed by atoms with van der Waals surface area (Å²) in [5.41, 5.74) is 2.29. The molecule has 6 heteroatoms. The first-order valence-electron chi connectivity index (χ1n) is 8.47. The summed E-state index contributed by atoms with van der Waals surface area (Å²) in [6, 6.07) is 11.2. The topological polar surface area (TPSA) is 73.6 Å². The first kappa shape index (κ1) is 17.9. The van der Waals surface area contributed by atoms with E-state index in [0.717, 1.165) is 16.5 Å². The SMILES string of the molecule is COCc1c(C(=O)NCc2ccc(OC(C)C)nc2)oc2ccccc12. The molecule has 3 rings (SSSR count). The summed E-state index contributed by atoms with van der Waals surface area (Å²) in [5, 5.41) is 3.75. The van der Waals surface area contributed by atoms with Gasteiger partial charge < -0.3 is 19.2 Å². The van der Waals surface area contributed by atoms with E-state index in [2.05, 4.69) is 10.3 Å². The molecule has 0 aliphatic heterocycles. The van der Waals surface area contributed by atoms with Gasteiger partial charge in [-0.25, -0.2) is 4.98 Å². The third-order valence-corrected chi connectivity index (χ3v) is 3.80. The number of carbonyl (C=O) groups excluding carboxylic acids is 1. The van der Waals surface area contributed by atoms with Crippen molar-refractivity contribution in [2.24, 2.45) is 0 Å². The summed E-state index contributed by atoms with van der Waals surface area (Å²) in [4.78, 5) is 16.8. The van der Waals surface area contributed by atoms with E-state index in [1.165, 1.54) is 0 Å². The van der Waals surface area contributed by atoms with E-state index in [-0.39, 0.29) is 17.8 Å². The fourth-order valence-electron chi connectivity index (χ4n) is 2.66. The molecule has 0 saturated carbocycles. The average molecular weight is 354 g/mol. The number of carbonyl (C=O) groups is 1. The number of nitrogens with one attached hydrogen (secondary N) is 1. The van der Waals surface area contributed by atoms with Gasteiger partial charge in [0.25, 0.3) is 5.91 Å². The molecule has 0 bridgehead atoms. The van der Waals surface area contributed by atoms with Crippen molar-refractivity contribution in [3.63, 3.8) is 0 Å². The summed E-state index contributed by atoms with van der Waals surface area (Å²) in [6.07, 6.45) is 1.76. The van der Waals surface area contributed by atoms with E-state index in [1.54, 1.807) is 19.4 Å². The summed E-state index contributed by atoms with van der Waals surface area (Å²) in [7, 11) is 1.59. The number of benzene rings is 1. The molecule has 0 aliphatic rings. The maximum Gasteiger partial charge on any atom is 0.287 e. The summed E-state index contributed by atoms with van der Waals surface area (Å²) >= 11 is 0. The molecule has 0 fully saturated rings. The van der Waals surface area contributed by atoms with Gasteiger partial charge in [0.05, 0.1) is 12.7 Å². The van der Waals surface area contributed by atoms with Crippen LogP contribution in [0.1, 0.15) is 35.5 Å². The number of fused-ring (bicyclic) bond motifs is 1. The lowest BCUT2D eigenvalue weighted by Gasteiger charge is -2.09. The number of pyridine rings is 1. The second-order valence-electron chi connectivity index (χ2n) is 6.19. The minimum atomic E-state index is -0.282. The molecule has 0 radical (unpaired) electrons. The maximum absolute atomic E-state index is 12.6. The Labute approximate surface area is 152 Å². The van der Waals surface area contributed by atoms with E-state index in [1.807, 2.05) is 44.2 Å². The van der Waals surface area contributed by atoms with Crippen LogP contribution in [0.15, 0.2) is 47.0 Å². The van der Waals surface area contributed by atoms with Gasteiger partial charge in [-0.05, 0) is 25.5 Å². The van der Waals surface area contributed by atoms with Crippen LogP contribution >= 0.6 is 0 Å². The Hall–Kier alpha value is -2.86. The zero-order chi connectivity index (χ0) is 18.5. The number of aromatic nitrogens is 1. The van der Waals surface area contributed by atoms with Gasteiger partial charge in [0.1, 0.15) is 5.58 Å². The molecule has 0 saturated heterocycles. The van der Waals surface area contributed by atoms with Crippen LogP contribution in [0.5, 0.6) is 5.88 Å². The number of ether oxygens (including phenoxy) is 2. The monoisotopic (exact) mass is 354 g/mol. The average Bonchev–Trinajstić information content (AvgIpc) is 3.00. The summed E-state index contributed by atoms with van der Waals surface area (Å²) < 4.78 is 16.5. The van der Waals surface area contributed by atoms with Gasteiger partial charge >= 0.3 is 0 Å². The van der Waals surface area contributed by atoms with Crippen molar-refractivity contribution < 1.29 is 18.7 Å². The van der Waals surface area contributed by atoms with Crippen LogP contribution < -0.4 is 10.1 Å². The summed E-state index contributed by atoms with van der Waals surface area (Å²) in [6.45, 7) is 4.54. The number of hydrogen-bond donors (Lipinski definition) is 1. The van der Waals surface area contributed by atoms with Crippen LogP contribution in [0.4, 0.5) is 0 Å². The lowest BCUT2D eigenvalue weighted by Crippen LogP contribution is -2.23. The Morgan fingerprint density at radius 1 is 1.23 bits per heavy atom. The maximum atomic E-state index is 12.6. The highest BCUT2D eigenvalue weighted by Gasteiger charge is 2.20. The Bertz CT molecular complexity index is 884. The molecular formula is C20H22N2O4. The normalized spacial score (nSPS) is 11.1. The van der Waals surface area contributed by atoms with Crippen molar-refractivity contribution in [3.05, 3.63) is 59.5 Å². The highest BCUT2D eigenvalue weighted by atomic mass is 16.5. The zero-order valence-corrected chi connectivity index (χ0v) is 15.1. The number of furan rings is 1. The van der Waals surface area contributed by atoms with E-state index in [0.29, 0.717) is 24.6 Å². The molecule has 0 spiro atoms. The molecule has 26 heavy (non-hydrogen) atoms. The van der Waals surface area contributed by atoms with Crippen LogP contribution in [0.25, 0.3) is 11.0 Å². The molecular weight excluding hydrogens is 332 g/mol. The first-order chi connectivity index (χ1) is 12.6. The smallest absolute Gasteiger partial charge is 0.287 e. The largest absolute Gasteiger partial charge is 0.475 e. The molecule has 3 aromatic rings. The Balaban J connectivity index is 1.72. The van der Waals surface area contributed by atoms with E-state index in [9.17, 15) is 4.79 Å². The van der Waals surface area contributed by atoms with Crippen LogP contribution in [-0.2, 0) is 17.9 Å². The Kier molecular flexibility index (Phi) is 5.53. The number of nitrogens with zero attached hydrogens (tertiary/aromatic N) is 1. The number of hydrogen-bond acceptors (Lipinski definition) is 5. The quantitative estimate of drug-likeness (QED) is 0.700. The van der Waals surface area contributed by atoms with Crippen LogP contribution in [0.2, 0.25) is 0 Å². The molecule has 2 aromatic heterocycles. The van der Waals surface area contributed by atoms with Gasteiger partial charge in [0, 0.05) is 36.9 Å². The molecule has 0 unspecified atom stereocenters. The van der Waals surface area contributed by atoms with Gasteiger partial charge in [0.15, 0.2) is 5.76 Å². The minimum absolute atomic E-state index is 0.0698. The molecule has 1 aromatic carbocycles. The molecule has 1 amide bonds. The number of amides is 1. The van der Waals surface area contributed by atoms with Crippen LogP contribution in [-0.4, -0.2) is 24.1 Å². The highest BCUT2D eigenvalue weighted by Crippen LogP contribution is 2.26. The Morgan fingerprint density at radius 2 is 2.04 bits per heavy atom. The van der Waals surface area contributed by atoms with Crippen molar-refractivity contribution in [2.75, 3.05) is 7.11 Å². The first-order valence-corrected chi connectivity index (χ1v) is 8.47. The van der Waals surface area contributed by atoms with Crippen molar-refractivity contribution in [3.8, 4) is 5.88 Å². The van der Waals surface area contributed by atoms with Crippen molar-refractivity contribution in [1.82, 2.24) is 10.3 Å². The highest BCUT2D eigenvalue weighted by molar-refractivity contribution is 5.99. The number of methoxy groups -OCH3 is 1. The molecule has 1 N–H and O–H groups in total. The van der Waals surface area contributed by atoms with E-state index >= 15 is 0 Å². The predicted molar refractivity (Wildman–Crippen MR) is 98.1 cm³/mol. The number of para-hydroxylation sites is 1. The van der Waals surface area contributed by atoms with E-state index in [4.69, 9.17) is 13.9 Å². The van der Waals surface area contributed by atoms with Crippen molar-refractivity contribution in [1.29, 1.82) is 0 Å². The second-order valence-corrected chi connectivity index (χ2v) is 6.19. The zero-order valence-electron chi connectivity index (χ0n) is 15.1. The lowest BCUT2D eigenvalue weighted by atomic mass is 10.1. The third-order valence-electron chi connectivity index (χ3n) is 3.80. The molecule has 0 aliphatic carbocycles. The van der Waals surface area contributed by atoms with Gasteiger partial charge in [-0.15, -0.1) is 0 Å². The Morgan fingerprint density at radius 3 is 2.73 bits per heavy atom. The molecule has 6 nitrogen and oxygen atoms in total.